The highest BCUT2D eigenvalue weighted by molar-refractivity contribution is 5.31. The molecule has 0 radical (unpaired) electrons. The van der Waals surface area contributed by atoms with E-state index < -0.39 is 0 Å². The van der Waals surface area contributed by atoms with Gasteiger partial charge < -0.3 is 10.5 Å². The van der Waals surface area contributed by atoms with E-state index in [2.05, 4.69) is 10.2 Å². The minimum Gasteiger partial charge on any atom is -0.473 e. The fourth-order valence-corrected chi connectivity index (χ4v) is 1.13. The zero-order valence-electron chi connectivity index (χ0n) is 7.60. The van der Waals surface area contributed by atoms with Crippen molar-refractivity contribution in [3.8, 4) is 5.88 Å². The van der Waals surface area contributed by atoms with Crippen molar-refractivity contribution < 1.29 is 4.74 Å². The predicted molar refractivity (Wildman–Crippen MR) is 53.8 cm³/mol. The van der Waals surface area contributed by atoms with E-state index in [1.165, 1.54) is 0 Å². The van der Waals surface area contributed by atoms with Crippen molar-refractivity contribution >= 4 is 5.82 Å². The highest BCUT2D eigenvalue weighted by Crippen LogP contribution is 2.11. The smallest absolute Gasteiger partial charge is 0.211 e. The highest BCUT2D eigenvalue weighted by Gasteiger charge is 1.98. The number of rotatable bonds is 3. The molecule has 14 heavy (non-hydrogen) atoms. The summed E-state index contributed by atoms with van der Waals surface area (Å²) in [4.78, 5) is 0. The van der Waals surface area contributed by atoms with E-state index in [-0.39, 0.29) is 0 Å². The number of nitrogens with one attached hydrogen (secondary N) is 1. The number of nitrogen functional groups attached to an aromatic ring is 1. The summed E-state index contributed by atoms with van der Waals surface area (Å²) in [5.74, 6) is 1.03. The second-order valence-electron chi connectivity index (χ2n) is 2.93. The monoisotopic (exact) mass is 189 g/mol. The van der Waals surface area contributed by atoms with E-state index in [0.717, 1.165) is 5.56 Å². The summed E-state index contributed by atoms with van der Waals surface area (Å²) < 4.78 is 5.41. The van der Waals surface area contributed by atoms with Gasteiger partial charge in [-0.1, -0.05) is 30.3 Å². The Morgan fingerprint density at radius 2 is 2.07 bits per heavy atom. The minimum atomic E-state index is 0.438. The molecule has 72 valence electrons. The molecule has 2 aromatic rings. The van der Waals surface area contributed by atoms with Crippen LogP contribution < -0.4 is 10.5 Å². The molecule has 1 aromatic carbocycles. The Kier molecular flexibility index (Phi) is 2.36. The van der Waals surface area contributed by atoms with Gasteiger partial charge in [0.05, 0.1) is 0 Å². The number of aromatic nitrogens is 2. The average Bonchev–Trinajstić information content (AvgIpc) is 2.63. The minimum absolute atomic E-state index is 0.438. The molecule has 3 N–H and O–H groups in total. The van der Waals surface area contributed by atoms with Crippen molar-refractivity contribution in [2.75, 3.05) is 5.73 Å². The van der Waals surface area contributed by atoms with Crippen LogP contribution in [0.3, 0.4) is 0 Å². The van der Waals surface area contributed by atoms with Crippen molar-refractivity contribution in [1.82, 2.24) is 10.2 Å². The zero-order chi connectivity index (χ0) is 9.80. The quantitative estimate of drug-likeness (QED) is 0.770. The Balaban J connectivity index is 1.95. The van der Waals surface area contributed by atoms with Crippen molar-refractivity contribution in [2.24, 2.45) is 0 Å². The lowest BCUT2D eigenvalue weighted by Gasteiger charge is -2.01. The third-order valence-electron chi connectivity index (χ3n) is 1.81. The molecule has 0 spiro atoms. The van der Waals surface area contributed by atoms with Gasteiger partial charge in [-0.05, 0) is 5.56 Å². The number of anilines is 1. The van der Waals surface area contributed by atoms with Gasteiger partial charge in [0.25, 0.3) is 0 Å². The standard InChI is InChI=1S/C10H11N3O/c11-9-6-10(13-12-9)14-7-8-4-2-1-3-5-8/h1-6H,7H2,(H3,11,12,13). The van der Waals surface area contributed by atoms with Crippen LogP contribution in [0.25, 0.3) is 0 Å². The van der Waals surface area contributed by atoms with E-state index >= 15 is 0 Å². The molecule has 0 aliphatic rings. The van der Waals surface area contributed by atoms with Gasteiger partial charge in [-0.15, -0.1) is 0 Å². The van der Waals surface area contributed by atoms with Gasteiger partial charge in [-0.2, -0.15) is 5.10 Å². The molecule has 0 amide bonds. The number of H-pyrrole nitrogens is 1. The third kappa shape index (κ3) is 2.04. The van der Waals surface area contributed by atoms with Crippen molar-refractivity contribution in [2.45, 2.75) is 6.61 Å². The van der Waals surface area contributed by atoms with Crippen LogP contribution in [-0.4, -0.2) is 10.2 Å². The lowest BCUT2D eigenvalue weighted by molar-refractivity contribution is 0.293. The fourth-order valence-electron chi connectivity index (χ4n) is 1.13. The van der Waals surface area contributed by atoms with Crippen LogP contribution in [0, 0.1) is 0 Å². The Bertz CT molecular complexity index is 397. The highest BCUT2D eigenvalue weighted by atomic mass is 16.5. The lowest BCUT2D eigenvalue weighted by atomic mass is 10.2. The second kappa shape index (κ2) is 3.83. The average molecular weight is 189 g/mol. The van der Waals surface area contributed by atoms with E-state index in [0.29, 0.717) is 18.3 Å². The summed E-state index contributed by atoms with van der Waals surface area (Å²) in [5.41, 5.74) is 6.54. The Labute approximate surface area is 81.7 Å². The Hall–Kier alpha value is -1.97. The molecule has 4 nitrogen and oxygen atoms in total. The fraction of sp³-hybridized carbons (Fsp3) is 0.100. The molecule has 2 rings (SSSR count). The van der Waals surface area contributed by atoms with Crippen LogP contribution in [0.15, 0.2) is 36.4 Å². The normalized spacial score (nSPS) is 10.0. The van der Waals surface area contributed by atoms with Crippen molar-refractivity contribution in [1.29, 1.82) is 0 Å². The molecule has 1 aromatic heterocycles. The van der Waals surface area contributed by atoms with E-state index in [4.69, 9.17) is 10.5 Å². The molecule has 0 aliphatic carbocycles. The molecule has 1 heterocycles. The molecule has 0 aliphatic heterocycles. The summed E-state index contributed by atoms with van der Waals surface area (Å²) in [7, 11) is 0. The van der Waals surface area contributed by atoms with E-state index in [1.807, 2.05) is 30.3 Å². The Morgan fingerprint density at radius 1 is 1.29 bits per heavy atom. The maximum absolute atomic E-state index is 5.43. The number of aromatic amines is 1. The maximum atomic E-state index is 5.43. The Morgan fingerprint density at radius 3 is 2.71 bits per heavy atom. The van der Waals surface area contributed by atoms with Gasteiger partial charge in [0, 0.05) is 6.07 Å². The zero-order valence-corrected chi connectivity index (χ0v) is 7.60. The van der Waals surface area contributed by atoms with Crippen molar-refractivity contribution in [3.05, 3.63) is 42.0 Å². The molecule has 0 unspecified atom stereocenters. The van der Waals surface area contributed by atoms with Gasteiger partial charge in [0.15, 0.2) is 0 Å². The number of nitrogens with two attached hydrogens (primary N) is 1. The molecular weight excluding hydrogens is 178 g/mol. The largest absolute Gasteiger partial charge is 0.473 e. The van der Waals surface area contributed by atoms with E-state index in [1.54, 1.807) is 6.07 Å². The summed E-state index contributed by atoms with van der Waals surface area (Å²) in [6.45, 7) is 0.516. The van der Waals surface area contributed by atoms with Gasteiger partial charge in [0.1, 0.15) is 12.4 Å². The summed E-state index contributed by atoms with van der Waals surface area (Å²) in [6.07, 6.45) is 0. The third-order valence-corrected chi connectivity index (χ3v) is 1.81. The number of nitrogens with zero attached hydrogens (tertiary/aromatic N) is 1. The molecule has 0 saturated heterocycles. The first-order valence-electron chi connectivity index (χ1n) is 4.32. The van der Waals surface area contributed by atoms with Crippen LogP contribution in [0.4, 0.5) is 5.82 Å². The number of ether oxygens (including phenoxy) is 1. The second-order valence-corrected chi connectivity index (χ2v) is 2.93. The number of benzene rings is 1. The SMILES string of the molecule is Nc1cc(OCc2ccccc2)[nH]n1. The van der Waals surface area contributed by atoms with Gasteiger partial charge in [0.2, 0.25) is 5.88 Å². The lowest BCUT2D eigenvalue weighted by Crippen LogP contribution is -1.94. The van der Waals surface area contributed by atoms with Crippen LogP contribution in [0.2, 0.25) is 0 Å². The van der Waals surface area contributed by atoms with Crippen LogP contribution in [-0.2, 0) is 6.61 Å². The topological polar surface area (TPSA) is 63.9 Å². The first-order chi connectivity index (χ1) is 6.84. The van der Waals surface area contributed by atoms with E-state index in [9.17, 15) is 0 Å². The molecule has 0 saturated carbocycles. The first-order valence-corrected chi connectivity index (χ1v) is 4.32. The number of hydrogen-bond acceptors (Lipinski definition) is 3. The van der Waals surface area contributed by atoms with Gasteiger partial charge in [-0.3, -0.25) is 0 Å². The van der Waals surface area contributed by atoms with Crippen LogP contribution >= 0.6 is 0 Å². The molecule has 0 atom stereocenters. The summed E-state index contributed by atoms with van der Waals surface area (Å²) >= 11 is 0. The summed E-state index contributed by atoms with van der Waals surface area (Å²) in [6, 6.07) is 11.6. The molecule has 4 heteroatoms. The number of hydrogen-bond donors (Lipinski definition) is 2. The van der Waals surface area contributed by atoms with Crippen LogP contribution in [0.1, 0.15) is 5.56 Å². The van der Waals surface area contributed by atoms with Crippen molar-refractivity contribution in [3.63, 3.8) is 0 Å². The van der Waals surface area contributed by atoms with Gasteiger partial charge >= 0.3 is 0 Å². The first kappa shape index (κ1) is 8.62. The van der Waals surface area contributed by atoms with Crippen LogP contribution in [0.5, 0.6) is 5.88 Å². The molecule has 0 fully saturated rings. The summed E-state index contributed by atoms with van der Waals surface area (Å²) in [5, 5.41) is 6.44. The maximum Gasteiger partial charge on any atom is 0.211 e. The molecular formula is C10H11N3O. The van der Waals surface area contributed by atoms with Gasteiger partial charge in [-0.25, -0.2) is 5.10 Å². The predicted octanol–water partition coefficient (Wildman–Crippen LogP) is 1.57. The molecule has 0 bridgehead atoms.